The lowest BCUT2D eigenvalue weighted by Gasteiger charge is -2.25. The highest BCUT2D eigenvalue weighted by atomic mass is 79.9. The highest BCUT2D eigenvalue weighted by Gasteiger charge is 2.47. The Morgan fingerprint density at radius 1 is 1.10 bits per heavy atom. The number of amides is 1. The van der Waals surface area contributed by atoms with Crippen LogP contribution in [0.2, 0.25) is 0 Å². The van der Waals surface area contributed by atoms with E-state index in [4.69, 9.17) is 4.74 Å². The van der Waals surface area contributed by atoms with E-state index >= 15 is 0 Å². The molecule has 4 rings (SSSR count). The van der Waals surface area contributed by atoms with E-state index in [0.29, 0.717) is 22.6 Å². The van der Waals surface area contributed by atoms with Crippen molar-refractivity contribution in [3.05, 3.63) is 93.7 Å². The van der Waals surface area contributed by atoms with Crippen LogP contribution in [0.25, 0.3) is 5.76 Å². The number of halogens is 1. The highest BCUT2D eigenvalue weighted by Crippen LogP contribution is 2.42. The first-order chi connectivity index (χ1) is 14.9. The van der Waals surface area contributed by atoms with Gasteiger partial charge in [0, 0.05) is 28.1 Å². The second kappa shape index (κ2) is 8.35. The van der Waals surface area contributed by atoms with Crippen molar-refractivity contribution in [1.82, 2.24) is 4.98 Å². The number of anilines is 1. The fraction of sp³-hybridized carbons (Fsp3) is 0.125. The van der Waals surface area contributed by atoms with Gasteiger partial charge in [0.25, 0.3) is 11.7 Å². The number of aliphatic hydroxyl groups excluding tert-OH is 1. The van der Waals surface area contributed by atoms with E-state index in [1.807, 2.05) is 13.0 Å². The number of Topliss-reactive ketones (excluding diaryl/α,β-unsaturated/α-hetero) is 1. The predicted molar refractivity (Wildman–Crippen MR) is 121 cm³/mol. The molecule has 1 fully saturated rings. The minimum absolute atomic E-state index is 0.0319. The van der Waals surface area contributed by atoms with E-state index in [-0.39, 0.29) is 11.3 Å². The van der Waals surface area contributed by atoms with Crippen molar-refractivity contribution in [2.24, 2.45) is 0 Å². The number of hydrogen-bond acceptors (Lipinski definition) is 5. The van der Waals surface area contributed by atoms with Gasteiger partial charge >= 0.3 is 0 Å². The van der Waals surface area contributed by atoms with Crippen molar-refractivity contribution in [2.75, 3.05) is 12.0 Å². The molecule has 1 saturated heterocycles. The molecule has 1 aliphatic rings. The number of ether oxygens (including phenoxy) is 1. The minimum Gasteiger partial charge on any atom is -0.507 e. The van der Waals surface area contributed by atoms with Crippen molar-refractivity contribution >= 4 is 39.1 Å². The first kappa shape index (κ1) is 20.8. The van der Waals surface area contributed by atoms with Crippen LogP contribution in [0.3, 0.4) is 0 Å². The molecule has 0 saturated carbocycles. The number of ketones is 1. The highest BCUT2D eigenvalue weighted by molar-refractivity contribution is 9.10. The molecule has 0 bridgehead atoms. The second-order valence-electron chi connectivity index (χ2n) is 7.11. The summed E-state index contributed by atoms with van der Waals surface area (Å²) in [5, 5.41) is 11.2. The van der Waals surface area contributed by atoms with E-state index in [0.717, 1.165) is 10.0 Å². The number of hydrogen-bond donors (Lipinski definition) is 1. The summed E-state index contributed by atoms with van der Waals surface area (Å²) in [6, 6.07) is 15.0. The molecule has 0 aliphatic carbocycles. The maximum Gasteiger partial charge on any atom is 0.300 e. The van der Waals surface area contributed by atoms with Crippen molar-refractivity contribution in [3.63, 3.8) is 0 Å². The Morgan fingerprint density at radius 2 is 1.84 bits per heavy atom. The number of methoxy groups -OCH3 is 1. The molecular weight excluding hydrogens is 460 g/mol. The minimum atomic E-state index is -0.793. The van der Waals surface area contributed by atoms with Crippen LogP contribution >= 0.6 is 15.9 Å². The monoisotopic (exact) mass is 478 g/mol. The number of pyridine rings is 1. The average Bonchev–Trinajstić information content (AvgIpc) is 3.04. The van der Waals surface area contributed by atoms with Gasteiger partial charge in [0.05, 0.1) is 18.7 Å². The smallest absolute Gasteiger partial charge is 0.300 e. The van der Waals surface area contributed by atoms with Crippen LogP contribution in [-0.4, -0.2) is 28.9 Å². The number of aromatic nitrogens is 1. The van der Waals surface area contributed by atoms with Crippen LogP contribution in [0, 0.1) is 6.92 Å². The van der Waals surface area contributed by atoms with Gasteiger partial charge < -0.3 is 9.84 Å². The zero-order valence-corrected chi connectivity index (χ0v) is 18.5. The van der Waals surface area contributed by atoms with Gasteiger partial charge in [0.15, 0.2) is 0 Å². The third kappa shape index (κ3) is 3.72. The van der Waals surface area contributed by atoms with Gasteiger partial charge in [-0.15, -0.1) is 0 Å². The van der Waals surface area contributed by atoms with Crippen molar-refractivity contribution in [1.29, 1.82) is 0 Å². The molecule has 1 aromatic heterocycles. The molecule has 31 heavy (non-hydrogen) atoms. The topological polar surface area (TPSA) is 79.7 Å². The number of aliphatic hydroxyl groups is 1. The van der Waals surface area contributed by atoms with Gasteiger partial charge in [-0.1, -0.05) is 22.0 Å². The summed E-state index contributed by atoms with van der Waals surface area (Å²) in [5.74, 6) is -1.03. The fourth-order valence-corrected chi connectivity index (χ4v) is 4.15. The summed E-state index contributed by atoms with van der Waals surface area (Å²) in [6.07, 6.45) is 3.18. The lowest BCUT2D eigenvalue weighted by molar-refractivity contribution is -0.132. The third-order valence-electron chi connectivity index (χ3n) is 5.24. The molecule has 1 aliphatic heterocycles. The Kier molecular flexibility index (Phi) is 5.61. The lowest BCUT2D eigenvalue weighted by atomic mass is 9.94. The largest absolute Gasteiger partial charge is 0.507 e. The molecule has 1 unspecified atom stereocenters. The molecule has 1 amide bonds. The molecule has 2 heterocycles. The van der Waals surface area contributed by atoms with Crippen molar-refractivity contribution < 1.29 is 19.4 Å². The van der Waals surface area contributed by atoms with E-state index in [1.54, 1.807) is 68.0 Å². The number of carbonyl (C=O) groups excluding carboxylic acids is 2. The van der Waals surface area contributed by atoms with Crippen LogP contribution in [0.1, 0.15) is 22.7 Å². The molecule has 156 valence electrons. The summed E-state index contributed by atoms with van der Waals surface area (Å²) >= 11 is 3.42. The van der Waals surface area contributed by atoms with Gasteiger partial charge in [-0.05, 0) is 66.6 Å². The third-order valence-corrected chi connectivity index (χ3v) is 5.73. The number of rotatable bonds is 4. The molecule has 3 aromatic rings. The molecule has 0 radical (unpaired) electrons. The van der Waals surface area contributed by atoms with Crippen LogP contribution in [-0.2, 0) is 9.59 Å². The molecule has 6 nitrogen and oxygen atoms in total. The van der Waals surface area contributed by atoms with Crippen LogP contribution in [0.5, 0.6) is 5.75 Å². The normalized spacial score (nSPS) is 17.8. The number of nitrogens with zero attached hydrogens (tertiary/aromatic N) is 2. The zero-order valence-electron chi connectivity index (χ0n) is 16.9. The molecule has 1 atom stereocenters. The average molecular weight is 479 g/mol. The molecular formula is C24H19BrN2O4. The maximum absolute atomic E-state index is 13.1. The van der Waals surface area contributed by atoms with E-state index in [9.17, 15) is 14.7 Å². The first-order valence-corrected chi connectivity index (χ1v) is 10.3. The standard InChI is InChI=1S/C24H19BrN2O4/c1-14-12-18(31-2)6-7-19(14)22(28)20-21(15-8-10-26-11-9-15)27(24(30)23(20)29)17-5-3-4-16(25)13-17/h3-13,21,28H,1-2H3/b22-20-. The molecule has 1 N–H and O–H groups in total. The zero-order chi connectivity index (χ0) is 22.1. The van der Waals surface area contributed by atoms with Gasteiger partial charge in [-0.2, -0.15) is 0 Å². The van der Waals surface area contributed by atoms with E-state index < -0.39 is 17.7 Å². The summed E-state index contributed by atoms with van der Waals surface area (Å²) < 4.78 is 6.00. The van der Waals surface area contributed by atoms with Gasteiger partial charge in [0.1, 0.15) is 11.5 Å². The summed E-state index contributed by atoms with van der Waals surface area (Å²) in [4.78, 5) is 31.7. The Bertz CT molecular complexity index is 1210. The summed E-state index contributed by atoms with van der Waals surface area (Å²) in [7, 11) is 1.56. The van der Waals surface area contributed by atoms with E-state index in [2.05, 4.69) is 20.9 Å². The number of benzene rings is 2. The first-order valence-electron chi connectivity index (χ1n) is 9.54. The van der Waals surface area contributed by atoms with Crippen LogP contribution < -0.4 is 9.64 Å². The quantitative estimate of drug-likeness (QED) is 0.331. The Balaban J connectivity index is 1.95. The fourth-order valence-electron chi connectivity index (χ4n) is 3.76. The molecule has 2 aromatic carbocycles. The summed E-state index contributed by atoms with van der Waals surface area (Å²) in [5.41, 5.74) is 2.43. The Hall–Kier alpha value is -3.45. The van der Waals surface area contributed by atoms with Crippen LogP contribution in [0.15, 0.2) is 77.0 Å². The van der Waals surface area contributed by atoms with Gasteiger partial charge in [-0.25, -0.2) is 0 Å². The van der Waals surface area contributed by atoms with Crippen molar-refractivity contribution in [2.45, 2.75) is 13.0 Å². The second-order valence-corrected chi connectivity index (χ2v) is 8.03. The SMILES string of the molecule is COc1ccc(/C(O)=C2/C(=O)C(=O)N(c3cccc(Br)c3)C2c2ccncc2)c(C)c1. The van der Waals surface area contributed by atoms with Gasteiger partial charge in [0.2, 0.25) is 0 Å². The van der Waals surface area contributed by atoms with Crippen LogP contribution in [0.4, 0.5) is 5.69 Å². The van der Waals surface area contributed by atoms with Gasteiger partial charge in [-0.3, -0.25) is 19.5 Å². The number of aryl methyl sites for hydroxylation is 1. The Labute approximate surface area is 187 Å². The maximum atomic E-state index is 13.1. The Morgan fingerprint density at radius 3 is 2.48 bits per heavy atom. The number of carbonyl (C=O) groups is 2. The lowest BCUT2D eigenvalue weighted by Crippen LogP contribution is -2.29. The summed E-state index contributed by atoms with van der Waals surface area (Å²) in [6.45, 7) is 1.81. The molecule has 0 spiro atoms. The van der Waals surface area contributed by atoms with E-state index in [1.165, 1.54) is 4.90 Å². The van der Waals surface area contributed by atoms with Crippen molar-refractivity contribution in [3.8, 4) is 5.75 Å². The molecule has 7 heteroatoms. The predicted octanol–water partition coefficient (Wildman–Crippen LogP) is 4.79.